The Bertz CT molecular complexity index is 241. The first-order valence-electron chi connectivity index (χ1n) is 3.29. The Morgan fingerprint density at radius 2 is 1.69 bits per heavy atom. The van der Waals surface area contributed by atoms with Crippen LogP contribution in [0.5, 0.6) is 0 Å². The van der Waals surface area contributed by atoms with Crippen molar-refractivity contribution in [3.63, 3.8) is 0 Å². The summed E-state index contributed by atoms with van der Waals surface area (Å²) in [7, 11) is 0. The normalized spacial score (nSPS) is 16.5. The monoisotopic (exact) mass is 200 g/mol. The first kappa shape index (κ1) is 11.9. The van der Waals surface area contributed by atoms with Crippen LogP contribution in [0, 0.1) is 0 Å². The molecular formula is C7H8F4O2. The molecule has 0 spiro atoms. The fourth-order valence-electron chi connectivity index (χ4n) is 0.604. The summed E-state index contributed by atoms with van der Waals surface area (Å²) in [6.45, 7) is 1.73. The molecule has 1 N–H and O–H groups in total. The van der Waals surface area contributed by atoms with Crippen LogP contribution < -0.4 is 0 Å². The number of carboxylic acids is 1. The van der Waals surface area contributed by atoms with E-state index < -0.39 is 29.5 Å². The lowest BCUT2D eigenvalue weighted by molar-refractivity contribution is -0.169. The van der Waals surface area contributed by atoms with Crippen LogP contribution in [0.2, 0.25) is 0 Å². The van der Waals surface area contributed by atoms with Crippen LogP contribution in [-0.4, -0.2) is 23.4 Å². The van der Waals surface area contributed by atoms with Crippen molar-refractivity contribution >= 4 is 5.97 Å². The average Bonchev–Trinajstić information content (AvgIpc) is 1.98. The number of hydrogen-bond donors (Lipinski definition) is 1. The standard InChI is InChI=1S/C7H8F4O2/c1-3(4(2)6(12)13)5(8)7(9,10)11/h5H,1-2H3,(H,12,13). The number of carbonyl (C=O) groups is 1. The zero-order valence-electron chi connectivity index (χ0n) is 6.94. The number of hydrogen-bond acceptors (Lipinski definition) is 1. The highest BCUT2D eigenvalue weighted by Gasteiger charge is 2.42. The molecule has 0 aromatic heterocycles. The molecule has 0 saturated heterocycles. The summed E-state index contributed by atoms with van der Waals surface area (Å²) in [5.74, 6) is -1.55. The summed E-state index contributed by atoms with van der Waals surface area (Å²) in [6.07, 6.45) is -8.25. The van der Waals surface area contributed by atoms with Crippen molar-refractivity contribution in [2.45, 2.75) is 26.2 Å². The lowest BCUT2D eigenvalue weighted by Gasteiger charge is -2.13. The van der Waals surface area contributed by atoms with Crippen LogP contribution in [0.4, 0.5) is 17.6 Å². The molecule has 0 aromatic carbocycles. The minimum Gasteiger partial charge on any atom is -0.478 e. The summed E-state index contributed by atoms with van der Waals surface area (Å²) >= 11 is 0. The number of alkyl halides is 4. The van der Waals surface area contributed by atoms with E-state index in [0.717, 1.165) is 13.8 Å². The summed E-state index contributed by atoms with van der Waals surface area (Å²) < 4.78 is 47.6. The molecule has 0 bridgehead atoms. The highest BCUT2D eigenvalue weighted by molar-refractivity contribution is 5.86. The first-order valence-corrected chi connectivity index (χ1v) is 3.29. The Morgan fingerprint density at radius 3 is 1.92 bits per heavy atom. The smallest absolute Gasteiger partial charge is 0.423 e. The second kappa shape index (κ2) is 3.76. The lowest BCUT2D eigenvalue weighted by Crippen LogP contribution is -2.26. The number of carboxylic acid groups (broad SMARTS) is 1. The van der Waals surface area contributed by atoms with Gasteiger partial charge in [0.05, 0.1) is 0 Å². The van der Waals surface area contributed by atoms with Gasteiger partial charge in [-0.1, -0.05) is 0 Å². The molecule has 1 unspecified atom stereocenters. The molecule has 2 nitrogen and oxygen atoms in total. The third kappa shape index (κ3) is 3.04. The predicted molar refractivity (Wildman–Crippen MR) is 37.0 cm³/mol. The van der Waals surface area contributed by atoms with E-state index in [0.29, 0.717) is 0 Å². The fraction of sp³-hybridized carbons (Fsp3) is 0.571. The molecule has 0 radical (unpaired) electrons. The maximum atomic E-state index is 12.5. The van der Waals surface area contributed by atoms with E-state index in [9.17, 15) is 22.4 Å². The molecule has 0 saturated carbocycles. The van der Waals surface area contributed by atoms with Gasteiger partial charge in [-0.2, -0.15) is 13.2 Å². The van der Waals surface area contributed by atoms with E-state index >= 15 is 0 Å². The topological polar surface area (TPSA) is 37.3 Å². The van der Waals surface area contributed by atoms with Crippen molar-refractivity contribution in [1.29, 1.82) is 0 Å². The van der Waals surface area contributed by atoms with E-state index in [4.69, 9.17) is 5.11 Å². The first-order chi connectivity index (χ1) is 5.68. The molecule has 0 rings (SSSR count). The number of halogens is 4. The maximum absolute atomic E-state index is 12.5. The van der Waals surface area contributed by atoms with Crippen molar-refractivity contribution in [1.82, 2.24) is 0 Å². The Labute approximate surface area is 71.9 Å². The zero-order valence-corrected chi connectivity index (χ0v) is 6.94. The highest BCUT2D eigenvalue weighted by Crippen LogP contribution is 2.29. The van der Waals surface area contributed by atoms with Crippen LogP contribution in [-0.2, 0) is 4.79 Å². The summed E-state index contributed by atoms with van der Waals surface area (Å²) in [4.78, 5) is 10.2. The predicted octanol–water partition coefficient (Wildman–Crippen LogP) is 2.31. The van der Waals surface area contributed by atoms with Gasteiger partial charge in [0.1, 0.15) is 0 Å². The van der Waals surface area contributed by atoms with Gasteiger partial charge in [0.2, 0.25) is 6.17 Å². The molecule has 0 aliphatic rings. The third-order valence-corrected chi connectivity index (χ3v) is 1.58. The van der Waals surface area contributed by atoms with Crippen LogP contribution in [0.25, 0.3) is 0 Å². The SMILES string of the molecule is CC(C(=O)O)=C(C)C(F)C(F)(F)F. The minimum atomic E-state index is -5.04. The van der Waals surface area contributed by atoms with Crippen molar-refractivity contribution in [2.24, 2.45) is 0 Å². The van der Waals surface area contributed by atoms with Crippen LogP contribution in [0.3, 0.4) is 0 Å². The van der Waals surface area contributed by atoms with Crippen LogP contribution >= 0.6 is 0 Å². The van der Waals surface area contributed by atoms with E-state index in [-0.39, 0.29) is 0 Å². The van der Waals surface area contributed by atoms with Gasteiger partial charge >= 0.3 is 12.1 Å². The molecule has 1 atom stereocenters. The fourth-order valence-corrected chi connectivity index (χ4v) is 0.604. The summed E-state index contributed by atoms with van der Waals surface area (Å²) in [5.41, 5.74) is -1.44. The van der Waals surface area contributed by atoms with E-state index in [2.05, 4.69) is 0 Å². The largest absolute Gasteiger partial charge is 0.478 e. The molecule has 0 amide bonds. The van der Waals surface area contributed by atoms with Gasteiger partial charge in [-0.3, -0.25) is 0 Å². The zero-order chi connectivity index (χ0) is 10.8. The molecule has 0 aliphatic carbocycles. The van der Waals surface area contributed by atoms with Gasteiger partial charge in [0.25, 0.3) is 0 Å². The molecule has 76 valence electrons. The average molecular weight is 200 g/mol. The Kier molecular flexibility index (Phi) is 3.45. The highest BCUT2D eigenvalue weighted by atomic mass is 19.4. The molecule has 0 fully saturated rings. The molecular weight excluding hydrogens is 192 g/mol. The number of allylic oxidation sites excluding steroid dienone is 1. The molecule has 13 heavy (non-hydrogen) atoms. The van der Waals surface area contributed by atoms with Crippen molar-refractivity contribution < 1.29 is 27.5 Å². The lowest BCUT2D eigenvalue weighted by atomic mass is 10.1. The Hall–Kier alpha value is -1.07. The van der Waals surface area contributed by atoms with Gasteiger partial charge in [-0.05, 0) is 19.4 Å². The van der Waals surface area contributed by atoms with E-state index in [1.807, 2.05) is 0 Å². The number of aliphatic carboxylic acids is 1. The quantitative estimate of drug-likeness (QED) is 0.548. The van der Waals surface area contributed by atoms with Gasteiger partial charge < -0.3 is 5.11 Å². The van der Waals surface area contributed by atoms with Gasteiger partial charge in [0.15, 0.2) is 0 Å². The van der Waals surface area contributed by atoms with Crippen LogP contribution in [0.1, 0.15) is 13.8 Å². The Morgan fingerprint density at radius 1 is 1.31 bits per heavy atom. The third-order valence-electron chi connectivity index (χ3n) is 1.58. The molecule has 0 aliphatic heterocycles. The maximum Gasteiger partial charge on any atom is 0.423 e. The Balaban J connectivity index is 4.89. The molecule has 0 heterocycles. The molecule has 0 aromatic rings. The van der Waals surface area contributed by atoms with E-state index in [1.165, 1.54) is 0 Å². The molecule has 6 heteroatoms. The minimum absolute atomic E-state index is 0.621. The van der Waals surface area contributed by atoms with E-state index in [1.54, 1.807) is 0 Å². The van der Waals surface area contributed by atoms with Crippen molar-refractivity contribution in [3.8, 4) is 0 Å². The second-order valence-electron chi connectivity index (χ2n) is 2.52. The van der Waals surface area contributed by atoms with Crippen LogP contribution in [0.15, 0.2) is 11.1 Å². The number of rotatable bonds is 2. The van der Waals surface area contributed by atoms with Gasteiger partial charge in [-0.15, -0.1) is 0 Å². The summed E-state index contributed by atoms with van der Waals surface area (Å²) in [6, 6.07) is 0. The van der Waals surface area contributed by atoms with Crippen molar-refractivity contribution in [2.75, 3.05) is 0 Å². The van der Waals surface area contributed by atoms with Crippen molar-refractivity contribution in [3.05, 3.63) is 11.1 Å². The summed E-state index contributed by atoms with van der Waals surface area (Å²) in [5, 5.41) is 8.28. The second-order valence-corrected chi connectivity index (χ2v) is 2.52. The van der Waals surface area contributed by atoms with Gasteiger partial charge in [0, 0.05) is 5.57 Å². The van der Waals surface area contributed by atoms with Gasteiger partial charge in [-0.25, -0.2) is 9.18 Å².